The van der Waals surface area contributed by atoms with Gasteiger partial charge in [0.25, 0.3) is 5.91 Å². The summed E-state index contributed by atoms with van der Waals surface area (Å²) in [5, 5.41) is 17.9. The third-order valence-electron chi connectivity index (χ3n) is 8.80. The largest absolute Gasteiger partial charge is 0.481 e. The van der Waals surface area contributed by atoms with E-state index in [2.05, 4.69) is 16.0 Å². The maximum atomic E-state index is 13.7. The number of hydrogen-bond acceptors (Lipinski definition) is 5. The molecular formula is C33H40Cl2N4O6. The quantitative estimate of drug-likeness (QED) is 0.245. The summed E-state index contributed by atoms with van der Waals surface area (Å²) >= 11 is 12.2. The second-order valence-electron chi connectivity index (χ2n) is 12.0. The number of carboxylic acid groups (broad SMARTS) is 1. The highest BCUT2D eigenvalue weighted by atomic mass is 35.5. The zero-order valence-corrected chi connectivity index (χ0v) is 26.7. The van der Waals surface area contributed by atoms with Gasteiger partial charge in [-0.2, -0.15) is 0 Å². The van der Waals surface area contributed by atoms with Gasteiger partial charge in [-0.3, -0.25) is 24.0 Å². The van der Waals surface area contributed by atoms with Gasteiger partial charge in [0.15, 0.2) is 0 Å². The molecular weight excluding hydrogens is 619 g/mol. The lowest BCUT2D eigenvalue weighted by Gasteiger charge is -2.40. The van der Waals surface area contributed by atoms with E-state index in [0.29, 0.717) is 18.5 Å². The van der Waals surface area contributed by atoms with E-state index in [0.717, 1.165) is 18.4 Å². The molecule has 1 aliphatic carbocycles. The molecule has 2 atom stereocenters. The van der Waals surface area contributed by atoms with Crippen molar-refractivity contribution in [2.24, 2.45) is 5.41 Å². The van der Waals surface area contributed by atoms with Gasteiger partial charge in [-0.05, 0) is 67.7 Å². The number of nitrogens with zero attached hydrogens (tertiary/aromatic N) is 1. The Kier molecular flexibility index (Phi) is 12.2. The van der Waals surface area contributed by atoms with Crippen molar-refractivity contribution in [1.82, 2.24) is 20.9 Å². The molecule has 1 saturated heterocycles. The average Bonchev–Trinajstić information content (AvgIpc) is 3.47. The van der Waals surface area contributed by atoms with Gasteiger partial charge in [-0.25, -0.2) is 0 Å². The average molecular weight is 660 g/mol. The highest BCUT2D eigenvalue weighted by molar-refractivity contribution is 6.35. The highest BCUT2D eigenvalue weighted by Gasteiger charge is 2.39. The molecule has 10 nitrogen and oxygen atoms in total. The number of nitrogens with one attached hydrogen (secondary N) is 3. The molecule has 4 N–H and O–H groups in total. The number of amides is 4. The molecule has 0 aromatic heterocycles. The van der Waals surface area contributed by atoms with Crippen molar-refractivity contribution in [2.45, 2.75) is 82.8 Å². The highest BCUT2D eigenvalue weighted by Crippen LogP contribution is 2.46. The molecule has 0 radical (unpaired) electrons. The molecule has 1 heterocycles. The molecule has 0 bridgehead atoms. The number of carbonyl (C=O) groups is 5. The molecule has 2 aromatic rings. The minimum Gasteiger partial charge on any atom is -0.481 e. The number of halogens is 2. The molecule has 1 aliphatic heterocycles. The molecule has 45 heavy (non-hydrogen) atoms. The van der Waals surface area contributed by atoms with Crippen molar-refractivity contribution in [2.75, 3.05) is 13.1 Å². The van der Waals surface area contributed by atoms with Gasteiger partial charge in [0.2, 0.25) is 17.7 Å². The van der Waals surface area contributed by atoms with Crippen LogP contribution in [0.4, 0.5) is 0 Å². The Balaban J connectivity index is 1.41. The summed E-state index contributed by atoms with van der Waals surface area (Å²) in [5.41, 5.74) is 1.32. The summed E-state index contributed by atoms with van der Waals surface area (Å²) in [6, 6.07) is 11.5. The minimum absolute atomic E-state index is 0.0242. The van der Waals surface area contributed by atoms with E-state index in [1.165, 1.54) is 43.9 Å². The number of carbonyl (C=O) groups excluding carboxylic acids is 4. The number of carboxylic acids is 1. The van der Waals surface area contributed by atoms with Crippen LogP contribution in [-0.2, 0) is 25.7 Å². The van der Waals surface area contributed by atoms with Gasteiger partial charge < -0.3 is 26.0 Å². The Morgan fingerprint density at radius 3 is 2.07 bits per heavy atom. The van der Waals surface area contributed by atoms with Gasteiger partial charge in [-0.1, -0.05) is 66.4 Å². The molecule has 4 amide bonds. The summed E-state index contributed by atoms with van der Waals surface area (Å²) in [7, 11) is 0. The maximum Gasteiger partial charge on any atom is 0.303 e. The smallest absolute Gasteiger partial charge is 0.303 e. The fraction of sp³-hybridized carbons (Fsp3) is 0.485. The van der Waals surface area contributed by atoms with Crippen LogP contribution < -0.4 is 16.0 Å². The first-order chi connectivity index (χ1) is 21.5. The van der Waals surface area contributed by atoms with Crippen LogP contribution in [0.5, 0.6) is 0 Å². The van der Waals surface area contributed by atoms with E-state index in [1.54, 1.807) is 4.90 Å². The normalized spacial score (nSPS) is 16.9. The Morgan fingerprint density at radius 1 is 0.822 bits per heavy atom. The first kappa shape index (κ1) is 34.2. The van der Waals surface area contributed by atoms with Crippen LogP contribution >= 0.6 is 23.2 Å². The summed E-state index contributed by atoms with van der Waals surface area (Å²) < 4.78 is 0. The first-order valence-electron chi connectivity index (χ1n) is 15.4. The number of hydrogen-bond donors (Lipinski definition) is 4. The molecule has 1 saturated carbocycles. The molecule has 1 unspecified atom stereocenters. The van der Waals surface area contributed by atoms with E-state index in [9.17, 15) is 29.1 Å². The lowest BCUT2D eigenvalue weighted by molar-refractivity contribution is -0.138. The Morgan fingerprint density at radius 2 is 1.44 bits per heavy atom. The van der Waals surface area contributed by atoms with E-state index in [4.69, 9.17) is 23.2 Å². The van der Waals surface area contributed by atoms with Crippen molar-refractivity contribution in [3.05, 3.63) is 69.7 Å². The van der Waals surface area contributed by atoms with Crippen LogP contribution in [-0.4, -0.2) is 64.8 Å². The number of benzene rings is 2. The maximum absolute atomic E-state index is 13.7. The molecule has 1 spiro atoms. The summed E-state index contributed by atoms with van der Waals surface area (Å²) in [5.74, 6) is -2.98. The van der Waals surface area contributed by atoms with E-state index < -0.39 is 35.8 Å². The Bertz CT molecular complexity index is 1350. The van der Waals surface area contributed by atoms with Gasteiger partial charge in [0.05, 0.1) is 0 Å². The van der Waals surface area contributed by atoms with Gasteiger partial charge >= 0.3 is 5.97 Å². The van der Waals surface area contributed by atoms with E-state index in [1.807, 2.05) is 30.3 Å². The SMILES string of the molecule is O=C(O)CC[C@@H](NC(=O)CCC(NC(=O)c1cc(Cl)cc(Cl)c1)C(=O)N1CCC2(CCCC2)CC1)C(=O)NCc1ccccc1. The molecule has 242 valence electrons. The summed E-state index contributed by atoms with van der Waals surface area (Å²) in [6.45, 7) is 1.38. The van der Waals surface area contributed by atoms with Crippen LogP contribution in [0.25, 0.3) is 0 Å². The third kappa shape index (κ3) is 10.2. The topological polar surface area (TPSA) is 145 Å². The third-order valence-corrected chi connectivity index (χ3v) is 9.23. The minimum atomic E-state index is -1.10. The predicted molar refractivity (Wildman–Crippen MR) is 171 cm³/mol. The van der Waals surface area contributed by atoms with Crippen molar-refractivity contribution in [1.29, 1.82) is 0 Å². The Hall–Kier alpha value is -3.63. The zero-order chi connectivity index (χ0) is 32.4. The predicted octanol–water partition coefficient (Wildman–Crippen LogP) is 4.72. The lowest BCUT2D eigenvalue weighted by atomic mass is 9.77. The second kappa shape index (κ2) is 16.1. The van der Waals surface area contributed by atoms with Crippen molar-refractivity contribution in [3.63, 3.8) is 0 Å². The number of aliphatic carboxylic acids is 1. The van der Waals surface area contributed by atoms with Crippen LogP contribution in [0.3, 0.4) is 0 Å². The molecule has 2 aliphatic rings. The number of rotatable bonds is 13. The molecule has 2 aromatic carbocycles. The van der Waals surface area contributed by atoms with Crippen LogP contribution in [0.1, 0.15) is 80.1 Å². The van der Waals surface area contributed by atoms with E-state index >= 15 is 0 Å². The van der Waals surface area contributed by atoms with Crippen molar-refractivity contribution < 1.29 is 29.1 Å². The fourth-order valence-corrected chi connectivity index (χ4v) is 6.74. The summed E-state index contributed by atoms with van der Waals surface area (Å²) in [6.07, 6.45) is 5.96. The molecule has 2 fully saturated rings. The first-order valence-corrected chi connectivity index (χ1v) is 16.2. The van der Waals surface area contributed by atoms with Gasteiger partial charge in [0, 0.05) is 48.1 Å². The fourth-order valence-electron chi connectivity index (χ4n) is 6.22. The standard InChI is InChI=1S/C33H40Cl2N4O6/c34-24-18-23(19-25(35)20-24)30(43)38-27(32(45)39-16-14-33(15-17-39)12-4-5-13-33)8-10-28(40)37-26(9-11-29(41)42)31(44)36-21-22-6-2-1-3-7-22/h1-3,6-7,18-20,26-27H,4-5,8-17,21H2,(H,36,44)(H,37,40)(H,38,43)(H,41,42)/t26-,27?/m1/s1. The molecule has 4 rings (SSSR count). The number of piperidine rings is 1. The van der Waals surface area contributed by atoms with Crippen LogP contribution in [0.15, 0.2) is 48.5 Å². The second-order valence-corrected chi connectivity index (χ2v) is 12.9. The summed E-state index contributed by atoms with van der Waals surface area (Å²) in [4.78, 5) is 65.9. The zero-order valence-electron chi connectivity index (χ0n) is 25.2. The van der Waals surface area contributed by atoms with Crippen LogP contribution in [0, 0.1) is 5.41 Å². The number of likely N-dealkylation sites (tertiary alicyclic amines) is 1. The molecule has 12 heteroatoms. The van der Waals surface area contributed by atoms with Crippen molar-refractivity contribution >= 4 is 52.8 Å². The van der Waals surface area contributed by atoms with Gasteiger partial charge in [-0.15, -0.1) is 0 Å². The van der Waals surface area contributed by atoms with Crippen LogP contribution in [0.2, 0.25) is 10.0 Å². The Labute approximate surface area is 273 Å². The van der Waals surface area contributed by atoms with Crippen molar-refractivity contribution in [3.8, 4) is 0 Å². The van der Waals surface area contributed by atoms with E-state index in [-0.39, 0.29) is 53.7 Å². The van der Waals surface area contributed by atoms with Gasteiger partial charge in [0.1, 0.15) is 12.1 Å². The lowest BCUT2D eigenvalue weighted by Crippen LogP contribution is -2.52. The monoisotopic (exact) mass is 658 g/mol.